The van der Waals surface area contributed by atoms with Gasteiger partial charge in [-0.25, -0.2) is 0 Å². The number of halogens is 1. The zero-order chi connectivity index (χ0) is 15.1. The summed E-state index contributed by atoms with van der Waals surface area (Å²) in [5, 5.41) is 3.14. The third-order valence-electron chi connectivity index (χ3n) is 3.03. The molecule has 1 N–H and O–H groups in total. The highest BCUT2D eigenvalue weighted by atomic mass is 79.9. The number of rotatable bonds is 7. The molecule has 0 aliphatic rings. The smallest absolute Gasteiger partial charge is 0.120 e. The van der Waals surface area contributed by atoms with Crippen LogP contribution < -0.4 is 14.8 Å². The Kier molecular flexibility index (Phi) is 6.08. The predicted octanol–water partition coefficient (Wildman–Crippen LogP) is 4.15. The highest BCUT2D eigenvalue weighted by Gasteiger charge is 2.03. The molecule has 0 spiro atoms. The van der Waals surface area contributed by atoms with Gasteiger partial charge in [-0.05, 0) is 49.9 Å². The molecule has 112 valence electrons. The minimum absolute atomic E-state index is 0.536. The second kappa shape index (κ2) is 8.05. The Morgan fingerprint density at radius 1 is 1.00 bits per heavy atom. The van der Waals surface area contributed by atoms with Gasteiger partial charge in [-0.1, -0.05) is 28.1 Å². The topological polar surface area (TPSA) is 30.5 Å². The number of hydrogen-bond donors (Lipinski definition) is 1. The van der Waals surface area contributed by atoms with E-state index in [0.717, 1.165) is 28.1 Å². The molecule has 0 fully saturated rings. The first kappa shape index (κ1) is 15.9. The Labute approximate surface area is 134 Å². The summed E-state index contributed by atoms with van der Waals surface area (Å²) in [5.74, 6) is 1.70. The van der Waals surface area contributed by atoms with Gasteiger partial charge in [0.2, 0.25) is 0 Å². The molecule has 2 aromatic carbocycles. The fourth-order valence-corrected chi connectivity index (χ4v) is 2.52. The van der Waals surface area contributed by atoms with E-state index in [1.165, 1.54) is 5.56 Å². The first-order valence-electron chi connectivity index (χ1n) is 7.00. The molecule has 0 saturated carbocycles. The van der Waals surface area contributed by atoms with E-state index in [2.05, 4.69) is 39.4 Å². The van der Waals surface area contributed by atoms with E-state index in [-0.39, 0.29) is 0 Å². The van der Waals surface area contributed by atoms with Crippen LogP contribution >= 0.6 is 15.9 Å². The Hall–Kier alpha value is -1.52. The lowest BCUT2D eigenvalue weighted by Crippen LogP contribution is -2.05. The Balaban J connectivity index is 1.96. The SMILES string of the molecule is CCOc1ccc(OCc2ccc(CNC)cc2Br)cc1. The van der Waals surface area contributed by atoms with E-state index >= 15 is 0 Å². The van der Waals surface area contributed by atoms with Crippen molar-refractivity contribution in [2.75, 3.05) is 13.7 Å². The van der Waals surface area contributed by atoms with Crippen LogP contribution in [0.5, 0.6) is 11.5 Å². The van der Waals surface area contributed by atoms with E-state index in [1.54, 1.807) is 0 Å². The van der Waals surface area contributed by atoms with Crippen LogP contribution in [0.4, 0.5) is 0 Å². The first-order chi connectivity index (χ1) is 10.2. The largest absolute Gasteiger partial charge is 0.494 e. The summed E-state index contributed by atoms with van der Waals surface area (Å²) in [6.07, 6.45) is 0. The van der Waals surface area contributed by atoms with E-state index in [0.29, 0.717) is 13.2 Å². The molecule has 3 nitrogen and oxygen atoms in total. The molecule has 0 amide bonds. The van der Waals surface area contributed by atoms with Crippen molar-refractivity contribution in [1.82, 2.24) is 5.32 Å². The Morgan fingerprint density at radius 2 is 1.67 bits per heavy atom. The molecule has 21 heavy (non-hydrogen) atoms. The van der Waals surface area contributed by atoms with Gasteiger partial charge < -0.3 is 14.8 Å². The van der Waals surface area contributed by atoms with Crippen LogP contribution in [0.25, 0.3) is 0 Å². The van der Waals surface area contributed by atoms with Crippen LogP contribution in [0, 0.1) is 0 Å². The van der Waals surface area contributed by atoms with Gasteiger partial charge in [-0.3, -0.25) is 0 Å². The van der Waals surface area contributed by atoms with Crippen molar-refractivity contribution < 1.29 is 9.47 Å². The van der Waals surface area contributed by atoms with E-state index in [4.69, 9.17) is 9.47 Å². The third-order valence-corrected chi connectivity index (χ3v) is 3.77. The maximum atomic E-state index is 5.80. The van der Waals surface area contributed by atoms with Gasteiger partial charge in [0.15, 0.2) is 0 Å². The van der Waals surface area contributed by atoms with Crippen LogP contribution in [-0.4, -0.2) is 13.7 Å². The van der Waals surface area contributed by atoms with Crippen molar-refractivity contribution in [2.24, 2.45) is 0 Å². The fourth-order valence-electron chi connectivity index (χ4n) is 1.98. The van der Waals surface area contributed by atoms with Crippen molar-refractivity contribution >= 4 is 15.9 Å². The first-order valence-corrected chi connectivity index (χ1v) is 7.79. The molecule has 2 rings (SSSR count). The summed E-state index contributed by atoms with van der Waals surface area (Å²) in [7, 11) is 1.94. The van der Waals surface area contributed by atoms with Crippen LogP contribution in [0.3, 0.4) is 0 Å². The minimum Gasteiger partial charge on any atom is -0.494 e. The molecule has 0 heterocycles. The summed E-state index contributed by atoms with van der Waals surface area (Å²) in [6.45, 7) is 4.04. The van der Waals surface area contributed by atoms with E-state index in [9.17, 15) is 0 Å². The van der Waals surface area contributed by atoms with Crippen molar-refractivity contribution in [3.8, 4) is 11.5 Å². The quantitative estimate of drug-likeness (QED) is 0.814. The zero-order valence-corrected chi connectivity index (χ0v) is 13.9. The number of hydrogen-bond acceptors (Lipinski definition) is 3. The number of benzene rings is 2. The summed E-state index contributed by atoms with van der Waals surface area (Å²) in [6, 6.07) is 14.0. The Bertz CT molecular complexity index is 570. The standard InChI is InChI=1S/C17H20BrNO2/c1-3-20-15-6-8-16(9-7-15)21-12-14-5-4-13(11-19-2)10-17(14)18/h4-10,19H,3,11-12H2,1-2H3. The summed E-state index contributed by atoms with van der Waals surface area (Å²) in [4.78, 5) is 0. The average molecular weight is 350 g/mol. The molecular weight excluding hydrogens is 330 g/mol. The van der Waals surface area contributed by atoms with Crippen LogP contribution in [-0.2, 0) is 13.2 Å². The minimum atomic E-state index is 0.536. The van der Waals surface area contributed by atoms with Crippen molar-refractivity contribution in [3.63, 3.8) is 0 Å². The summed E-state index contributed by atoms with van der Waals surface area (Å²) >= 11 is 3.60. The lowest BCUT2D eigenvalue weighted by atomic mass is 10.1. The van der Waals surface area contributed by atoms with Crippen molar-refractivity contribution in [2.45, 2.75) is 20.1 Å². The highest BCUT2D eigenvalue weighted by molar-refractivity contribution is 9.10. The molecule has 0 aliphatic carbocycles. The molecule has 0 radical (unpaired) electrons. The van der Waals surface area contributed by atoms with Crippen LogP contribution in [0.15, 0.2) is 46.9 Å². The second-order valence-corrected chi connectivity index (χ2v) is 5.50. The lowest BCUT2D eigenvalue weighted by Gasteiger charge is -2.10. The Morgan fingerprint density at radius 3 is 2.24 bits per heavy atom. The molecule has 4 heteroatoms. The monoisotopic (exact) mass is 349 g/mol. The summed E-state index contributed by atoms with van der Waals surface area (Å²) < 4.78 is 12.3. The van der Waals surface area contributed by atoms with Gasteiger partial charge in [0.05, 0.1) is 6.61 Å². The molecule has 0 unspecified atom stereocenters. The maximum Gasteiger partial charge on any atom is 0.120 e. The van der Waals surface area contributed by atoms with Gasteiger partial charge >= 0.3 is 0 Å². The molecule has 0 saturated heterocycles. The zero-order valence-electron chi connectivity index (χ0n) is 12.4. The molecule has 0 aliphatic heterocycles. The van der Waals surface area contributed by atoms with Gasteiger partial charge in [0.1, 0.15) is 18.1 Å². The second-order valence-electron chi connectivity index (χ2n) is 4.65. The van der Waals surface area contributed by atoms with Gasteiger partial charge in [0, 0.05) is 16.6 Å². The highest BCUT2D eigenvalue weighted by Crippen LogP contribution is 2.22. The van der Waals surface area contributed by atoms with Crippen LogP contribution in [0.1, 0.15) is 18.1 Å². The fraction of sp³-hybridized carbons (Fsp3) is 0.294. The van der Waals surface area contributed by atoms with Crippen LogP contribution in [0.2, 0.25) is 0 Å². The molecule has 0 bridgehead atoms. The lowest BCUT2D eigenvalue weighted by molar-refractivity contribution is 0.303. The van der Waals surface area contributed by atoms with E-state index in [1.807, 2.05) is 38.2 Å². The van der Waals surface area contributed by atoms with Crippen molar-refractivity contribution in [1.29, 1.82) is 0 Å². The normalized spacial score (nSPS) is 10.4. The van der Waals surface area contributed by atoms with E-state index < -0.39 is 0 Å². The number of ether oxygens (including phenoxy) is 2. The van der Waals surface area contributed by atoms with Gasteiger partial charge in [-0.2, -0.15) is 0 Å². The summed E-state index contributed by atoms with van der Waals surface area (Å²) in [5.41, 5.74) is 2.37. The molecule has 2 aromatic rings. The third kappa shape index (κ3) is 4.76. The predicted molar refractivity (Wildman–Crippen MR) is 88.8 cm³/mol. The average Bonchev–Trinajstić information content (AvgIpc) is 2.49. The molecule has 0 aromatic heterocycles. The maximum absolute atomic E-state index is 5.80. The van der Waals surface area contributed by atoms with Gasteiger partial charge in [0.25, 0.3) is 0 Å². The number of nitrogens with one attached hydrogen (secondary N) is 1. The molecular formula is C17H20BrNO2. The van der Waals surface area contributed by atoms with Crippen molar-refractivity contribution in [3.05, 3.63) is 58.1 Å². The molecule has 0 atom stereocenters. The van der Waals surface area contributed by atoms with Gasteiger partial charge in [-0.15, -0.1) is 0 Å².